The standard InChI is InChI=1S/C29H25N5O2/c1-2-36-29(35)32-23-16-22(18-30-19-23)27-25-15-9-14-24(21-12-7-4-8-13-21)26(25)28(34-33-27)31-17-20-10-5-3-6-11-20/h3-16,18-19H,2,17H2,1H3,(H,31,34)(H,32,35). The van der Waals surface area contributed by atoms with Crippen LogP contribution in [-0.2, 0) is 11.3 Å². The number of hydrogen-bond donors (Lipinski definition) is 2. The van der Waals surface area contributed by atoms with E-state index in [0.717, 1.165) is 33.0 Å². The lowest BCUT2D eigenvalue weighted by Crippen LogP contribution is -2.13. The molecule has 0 spiro atoms. The fraction of sp³-hybridized carbons (Fsp3) is 0.103. The van der Waals surface area contributed by atoms with Crippen LogP contribution in [0.2, 0.25) is 0 Å². The van der Waals surface area contributed by atoms with Gasteiger partial charge in [-0.2, -0.15) is 0 Å². The van der Waals surface area contributed by atoms with E-state index in [1.165, 1.54) is 0 Å². The van der Waals surface area contributed by atoms with E-state index in [2.05, 4.69) is 56.1 Å². The van der Waals surface area contributed by atoms with Crippen molar-refractivity contribution in [3.8, 4) is 22.4 Å². The molecule has 0 aliphatic heterocycles. The number of hydrogen-bond acceptors (Lipinski definition) is 6. The molecule has 0 radical (unpaired) electrons. The Labute approximate surface area is 209 Å². The highest BCUT2D eigenvalue weighted by atomic mass is 16.5. The molecule has 5 rings (SSSR count). The van der Waals surface area contributed by atoms with Crippen LogP contribution in [0.1, 0.15) is 12.5 Å². The van der Waals surface area contributed by atoms with Crippen LogP contribution in [0.5, 0.6) is 0 Å². The molecule has 0 aliphatic carbocycles. The Hall–Kier alpha value is -4.78. The number of nitrogens with zero attached hydrogens (tertiary/aromatic N) is 3. The summed E-state index contributed by atoms with van der Waals surface area (Å²) in [5, 5.41) is 17.3. The summed E-state index contributed by atoms with van der Waals surface area (Å²) in [4.78, 5) is 16.2. The van der Waals surface area contributed by atoms with E-state index >= 15 is 0 Å². The molecule has 2 aromatic heterocycles. The molecule has 0 saturated carbocycles. The Bertz CT molecular complexity index is 1490. The maximum absolute atomic E-state index is 11.9. The SMILES string of the molecule is CCOC(=O)Nc1cncc(-c2nnc(NCc3ccccc3)c3c(-c4ccccc4)cccc23)c1. The fourth-order valence-corrected chi connectivity index (χ4v) is 4.11. The molecule has 178 valence electrons. The molecule has 1 amide bonds. The van der Waals surface area contributed by atoms with Crippen LogP contribution in [0.15, 0.2) is 97.3 Å². The molecular weight excluding hydrogens is 450 g/mol. The van der Waals surface area contributed by atoms with Gasteiger partial charge in [-0.05, 0) is 29.7 Å². The van der Waals surface area contributed by atoms with Crippen molar-refractivity contribution in [2.45, 2.75) is 13.5 Å². The zero-order valence-electron chi connectivity index (χ0n) is 19.8. The van der Waals surface area contributed by atoms with Gasteiger partial charge in [0.1, 0.15) is 5.69 Å². The second-order valence-corrected chi connectivity index (χ2v) is 8.14. The minimum atomic E-state index is -0.529. The predicted octanol–water partition coefficient (Wildman–Crippen LogP) is 6.54. The van der Waals surface area contributed by atoms with Gasteiger partial charge in [-0.15, -0.1) is 10.2 Å². The number of rotatable bonds is 7. The van der Waals surface area contributed by atoms with Crippen LogP contribution in [0.3, 0.4) is 0 Å². The predicted molar refractivity (Wildman–Crippen MR) is 143 cm³/mol. The second kappa shape index (κ2) is 10.7. The van der Waals surface area contributed by atoms with Gasteiger partial charge in [0, 0.05) is 29.1 Å². The molecule has 0 aliphatic rings. The minimum absolute atomic E-state index is 0.286. The molecule has 0 fully saturated rings. The number of fused-ring (bicyclic) bond motifs is 1. The molecular formula is C29H25N5O2. The molecule has 0 bridgehead atoms. The summed E-state index contributed by atoms with van der Waals surface area (Å²) in [7, 11) is 0. The minimum Gasteiger partial charge on any atom is -0.450 e. The second-order valence-electron chi connectivity index (χ2n) is 8.14. The van der Waals surface area contributed by atoms with Crippen LogP contribution in [-0.4, -0.2) is 27.9 Å². The van der Waals surface area contributed by atoms with Crippen molar-refractivity contribution < 1.29 is 9.53 Å². The van der Waals surface area contributed by atoms with Crippen LogP contribution in [0.4, 0.5) is 16.3 Å². The Balaban J connectivity index is 1.62. The van der Waals surface area contributed by atoms with Crippen molar-refractivity contribution in [1.29, 1.82) is 0 Å². The number of carbonyl (C=O) groups excluding carboxylic acids is 1. The van der Waals surface area contributed by atoms with Crippen LogP contribution in [0.25, 0.3) is 33.2 Å². The van der Waals surface area contributed by atoms with Crippen molar-refractivity contribution in [3.05, 3.63) is 103 Å². The highest BCUT2D eigenvalue weighted by molar-refractivity contribution is 6.08. The van der Waals surface area contributed by atoms with E-state index in [4.69, 9.17) is 4.74 Å². The smallest absolute Gasteiger partial charge is 0.411 e. The van der Waals surface area contributed by atoms with Crippen molar-refractivity contribution in [2.75, 3.05) is 17.2 Å². The highest BCUT2D eigenvalue weighted by Crippen LogP contribution is 2.37. The van der Waals surface area contributed by atoms with Gasteiger partial charge >= 0.3 is 6.09 Å². The maximum atomic E-state index is 11.9. The number of ether oxygens (including phenoxy) is 1. The van der Waals surface area contributed by atoms with Crippen LogP contribution >= 0.6 is 0 Å². The molecule has 0 unspecified atom stereocenters. The summed E-state index contributed by atoms with van der Waals surface area (Å²) < 4.78 is 4.99. The average molecular weight is 476 g/mol. The van der Waals surface area contributed by atoms with Gasteiger partial charge in [-0.1, -0.05) is 78.9 Å². The van der Waals surface area contributed by atoms with E-state index in [1.54, 1.807) is 19.3 Å². The van der Waals surface area contributed by atoms with Crippen LogP contribution in [0, 0.1) is 0 Å². The number of pyridine rings is 1. The topological polar surface area (TPSA) is 89.0 Å². The van der Waals surface area contributed by atoms with Gasteiger partial charge in [0.15, 0.2) is 5.82 Å². The average Bonchev–Trinajstić information content (AvgIpc) is 2.92. The largest absolute Gasteiger partial charge is 0.450 e. The maximum Gasteiger partial charge on any atom is 0.411 e. The van der Waals surface area contributed by atoms with Gasteiger partial charge in [0.25, 0.3) is 0 Å². The number of anilines is 2. The van der Waals surface area contributed by atoms with Gasteiger partial charge < -0.3 is 10.1 Å². The van der Waals surface area contributed by atoms with Gasteiger partial charge in [-0.3, -0.25) is 10.3 Å². The highest BCUT2D eigenvalue weighted by Gasteiger charge is 2.16. The number of carbonyl (C=O) groups is 1. The van der Waals surface area contributed by atoms with Crippen molar-refractivity contribution in [2.24, 2.45) is 0 Å². The molecule has 5 aromatic rings. The van der Waals surface area contributed by atoms with E-state index in [1.807, 2.05) is 54.6 Å². The summed E-state index contributed by atoms with van der Waals surface area (Å²) in [5.41, 5.74) is 5.21. The lowest BCUT2D eigenvalue weighted by molar-refractivity contribution is 0.168. The molecule has 7 heteroatoms. The van der Waals surface area contributed by atoms with Gasteiger partial charge in [0.2, 0.25) is 0 Å². The Morgan fingerprint density at radius 1 is 0.861 bits per heavy atom. The molecule has 2 heterocycles. The van der Waals surface area contributed by atoms with E-state index in [0.29, 0.717) is 23.7 Å². The first-order valence-electron chi connectivity index (χ1n) is 11.7. The van der Waals surface area contributed by atoms with E-state index in [-0.39, 0.29) is 6.61 Å². The number of aromatic nitrogens is 3. The first kappa shape index (κ1) is 23.0. The summed E-state index contributed by atoms with van der Waals surface area (Å²) in [5.74, 6) is 0.700. The van der Waals surface area contributed by atoms with Crippen molar-refractivity contribution >= 4 is 28.4 Å². The van der Waals surface area contributed by atoms with Gasteiger partial charge in [0.05, 0.1) is 18.5 Å². The molecule has 0 saturated heterocycles. The summed E-state index contributed by atoms with van der Waals surface area (Å²) in [6, 6.07) is 28.4. The molecule has 2 N–H and O–H groups in total. The lowest BCUT2D eigenvalue weighted by Gasteiger charge is -2.15. The van der Waals surface area contributed by atoms with Gasteiger partial charge in [-0.25, -0.2) is 4.79 Å². The monoisotopic (exact) mass is 475 g/mol. The zero-order chi connectivity index (χ0) is 24.7. The third-order valence-electron chi connectivity index (χ3n) is 5.73. The fourth-order valence-electron chi connectivity index (χ4n) is 4.11. The normalized spacial score (nSPS) is 10.7. The van der Waals surface area contributed by atoms with E-state index in [9.17, 15) is 4.79 Å². The Morgan fingerprint density at radius 2 is 1.64 bits per heavy atom. The first-order valence-corrected chi connectivity index (χ1v) is 11.7. The summed E-state index contributed by atoms with van der Waals surface area (Å²) in [6.07, 6.45) is 2.76. The lowest BCUT2D eigenvalue weighted by atomic mass is 9.96. The molecule has 36 heavy (non-hydrogen) atoms. The Morgan fingerprint density at radius 3 is 2.42 bits per heavy atom. The first-order chi connectivity index (χ1) is 17.7. The number of amides is 1. The van der Waals surface area contributed by atoms with Crippen molar-refractivity contribution in [1.82, 2.24) is 15.2 Å². The molecule has 3 aromatic carbocycles. The third-order valence-corrected chi connectivity index (χ3v) is 5.73. The molecule has 0 atom stereocenters. The number of benzene rings is 3. The van der Waals surface area contributed by atoms with Crippen LogP contribution < -0.4 is 10.6 Å². The summed E-state index contributed by atoms with van der Waals surface area (Å²) in [6.45, 7) is 2.66. The van der Waals surface area contributed by atoms with Crippen molar-refractivity contribution in [3.63, 3.8) is 0 Å². The Kier molecular flexibility index (Phi) is 6.80. The van der Waals surface area contributed by atoms with E-state index < -0.39 is 6.09 Å². The zero-order valence-corrected chi connectivity index (χ0v) is 19.8. The molecule has 7 nitrogen and oxygen atoms in total. The quantitative estimate of drug-likeness (QED) is 0.278. The number of nitrogens with one attached hydrogen (secondary N) is 2. The third kappa shape index (κ3) is 5.00. The summed E-state index contributed by atoms with van der Waals surface area (Å²) >= 11 is 0.